The molecule has 3 N–H and O–H groups in total. The van der Waals surface area contributed by atoms with E-state index in [1.54, 1.807) is 23.8 Å². The van der Waals surface area contributed by atoms with Gasteiger partial charge in [-0.15, -0.1) is 0 Å². The van der Waals surface area contributed by atoms with Gasteiger partial charge in [0.05, 0.1) is 18.4 Å². The molecule has 1 aromatic carbocycles. The van der Waals surface area contributed by atoms with Crippen LogP contribution in [0.25, 0.3) is 11.3 Å². The Hall–Kier alpha value is -2.56. The Balaban J connectivity index is 2.73. The number of methoxy groups -OCH3 is 1. The molecule has 0 spiro atoms. The zero-order valence-electron chi connectivity index (χ0n) is 11.5. The highest BCUT2D eigenvalue weighted by molar-refractivity contribution is 5.94. The first-order valence-electron chi connectivity index (χ1n) is 6.31. The van der Waals surface area contributed by atoms with Crippen LogP contribution in [-0.4, -0.2) is 17.5 Å². The monoisotopic (exact) mass is 271 g/mol. The van der Waals surface area contributed by atoms with Crippen LogP contribution in [0.15, 0.2) is 41.2 Å². The summed E-state index contributed by atoms with van der Waals surface area (Å²) in [4.78, 5) is 12.3. The number of amidine groups is 1. The van der Waals surface area contributed by atoms with Crippen LogP contribution in [0.2, 0.25) is 0 Å². The number of hydrogen-bond acceptors (Lipinski definition) is 3. The summed E-state index contributed by atoms with van der Waals surface area (Å²) in [5.41, 5.74) is 6.97. The molecule has 104 valence electrons. The number of rotatable bonds is 4. The molecule has 0 atom stereocenters. The van der Waals surface area contributed by atoms with Crippen LogP contribution in [0.3, 0.4) is 0 Å². The van der Waals surface area contributed by atoms with E-state index in [0.717, 1.165) is 11.3 Å². The van der Waals surface area contributed by atoms with Crippen LogP contribution in [0.4, 0.5) is 0 Å². The third kappa shape index (κ3) is 2.30. The van der Waals surface area contributed by atoms with Crippen molar-refractivity contribution in [2.45, 2.75) is 13.5 Å². The van der Waals surface area contributed by atoms with Crippen molar-refractivity contribution < 1.29 is 4.74 Å². The van der Waals surface area contributed by atoms with Crippen molar-refractivity contribution >= 4 is 5.84 Å². The van der Waals surface area contributed by atoms with Gasteiger partial charge in [0.1, 0.15) is 11.6 Å². The summed E-state index contributed by atoms with van der Waals surface area (Å²) in [5.74, 6) is 0.480. The Morgan fingerprint density at radius 3 is 2.60 bits per heavy atom. The fourth-order valence-electron chi connectivity index (χ4n) is 2.19. The molecule has 0 amide bonds. The van der Waals surface area contributed by atoms with Crippen molar-refractivity contribution in [2.24, 2.45) is 5.73 Å². The van der Waals surface area contributed by atoms with E-state index in [4.69, 9.17) is 15.9 Å². The van der Waals surface area contributed by atoms with E-state index in [1.165, 1.54) is 0 Å². The highest BCUT2D eigenvalue weighted by atomic mass is 16.5. The average molecular weight is 271 g/mol. The number of benzene rings is 1. The summed E-state index contributed by atoms with van der Waals surface area (Å²) in [5, 5.41) is 7.44. The van der Waals surface area contributed by atoms with E-state index in [1.807, 2.05) is 31.2 Å². The third-order valence-electron chi connectivity index (χ3n) is 3.16. The zero-order valence-corrected chi connectivity index (χ0v) is 11.5. The first-order valence-corrected chi connectivity index (χ1v) is 6.31. The largest absolute Gasteiger partial charge is 0.496 e. The van der Waals surface area contributed by atoms with Gasteiger partial charge in [0.25, 0.3) is 5.56 Å². The second-order valence-electron chi connectivity index (χ2n) is 4.30. The summed E-state index contributed by atoms with van der Waals surface area (Å²) in [6.45, 7) is 2.37. The van der Waals surface area contributed by atoms with E-state index in [0.29, 0.717) is 12.3 Å². The fourth-order valence-corrected chi connectivity index (χ4v) is 2.19. The molecule has 5 heteroatoms. The van der Waals surface area contributed by atoms with Gasteiger partial charge >= 0.3 is 0 Å². The van der Waals surface area contributed by atoms with Crippen molar-refractivity contribution in [1.29, 1.82) is 5.41 Å². The van der Waals surface area contributed by atoms with Gasteiger partial charge in [-0.3, -0.25) is 10.2 Å². The Morgan fingerprint density at radius 2 is 2.00 bits per heavy atom. The number of pyridine rings is 1. The summed E-state index contributed by atoms with van der Waals surface area (Å²) in [6.07, 6.45) is 0. The highest BCUT2D eigenvalue weighted by Gasteiger charge is 2.13. The molecule has 0 aliphatic rings. The van der Waals surface area contributed by atoms with Gasteiger partial charge in [-0.2, -0.15) is 0 Å². The van der Waals surface area contributed by atoms with Gasteiger partial charge in [-0.25, -0.2) is 0 Å². The van der Waals surface area contributed by atoms with Crippen LogP contribution in [0.1, 0.15) is 12.5 Å². The maximum absolute atomic E-state index is 12.3. The molecule has 0 fully saturated rings. The minimum atomic E-state index is -0.261. The fraction of sp³-hybridized carbons (Fsp3) is 0.200. The first kappa shape index (κ1) is 13.9. The lowest BCUT2D eigenvalue weighted by Crippen LogP contribution is -2.30. The molecule has 0 aliphatic carbocycles. The van der Waals surface area contributed by atoms with E-state index >= 15 is 0 Å². The standard InChI is InChI=1S/C15H17N3O2/c1-3-18-12(9-8-11(14(16)17)15(18)19)10-6-4-5-7-13(10)20-2/h4-9H,3H2,1-2H3,(H3,16,17). The third-order valence-corrected chi connectivity index (χ3v) is 3.16. The van der Waals surface area contributed by atoms with Gasteiger partial charge in [-0.05, 0) is 31.2 Å². The van der Waals surface area contributed by atoms with Crippen LogP contribution < -0.4 is 16.0 Å². The second-order valence-corrected chi connectivity index (χ2v) is 4.30. The molecule has 0 unspecified atom stereocenters. The van der Waals surface area contributed by atoms with Crippen LogP contribution in [0.5, 0.6) is 5.75 Å². The molecule has 0 bridgehead atoms. The SMILES string of the molecule is CCn1c(-c2ccccc2OC)ccc(C(=N)N)c1=O. The molecular formula is C15H17N3O2. The summed E-state index contributed by atoms with van der Waals surface area (Å²) >= 11 is 0. The first-order chi connectivity index (χ1) is 9.60. The van der Waals surface area contributed by atoms with Crippen LogP contribution in [-0.2, 0) is 6.54 Å². The molecule has 2 rings (SSSR count). The number of para-hydroxylation sites is 1. The quantitative estimate of drug-likeness (QED) is 0.657. The Morgan fingerprint density at radius 1 is 1.30 bits per heavy atom. The lowest BCUT2D eigenvalue weighted by molar-refractivity contribution is 0.416. The molecule has 0 radical (unpaired) electrons. The van der Waals surface area contributed by atoms with Crippen LogP contribution in [0, 0.1) is 5.41 Å². The smallest absolute Gasteiger partial charge is 0.261 e. The summed E-state index contributed by atoms with van der Waals surface area (Å²) in [7, 11) is 1.59. The lowest BCUT2D eigenvalue weighted by Gasteiger charge is -2.15. The molecule has 0 saturated heterocycles. The van der Waals surface area contributed by atoms with Crippen molar-refractivity contribution in [3.63, 3.8) is 0 Å². The van der Waals surface area contributed by atoms with Gasteiger partial charge < -0.3 is 15.0 Å². The van der Waals surface area contributed by atoms with E-state index in [-0.39, 0.29) is 17.0 Å². The number of hydrogen-bond donors (Lipinski definition) is 2. The Bertz CT molecular complexity index is 705. The minimum absolute atomic E-state index is 0.213. The summed E-state index contributed by atoms with van der Waals surface area (Å²) < 4.78 is 6.93. The number of aromatic nitrogens is 1. The average Bonchev–Trinajstić information content (AvgIpc) is 2.46. The molecule has 0 saturated carbocycles. The molecule has 1 aromatic heterocycles. The highest BCUT2D eigenvalue weighted by Crippen LogP contribution is 2.28. The minimum Gasteiger partial charge on any atom is -0.496 e. The predicted molar refractivity (Wildman–Crippen MR) is 79.4 cm³/mol. The number of nitrogens with two attached hydrogens (primary N) is 1. The van der Waals surface area contributed by atoms with Gasteiger partial charge in [0.2, 0.25) is 0 Å². The van der Waals surface area contributed by atoms with E-state index < -0.39 is 0 Å². The van der Waals surface area contributed by atoms with Gasteiger partial charge in [0.15, 0.2) is 0 Å². The number of nitrogens with zero attached hydrogens (tertiary/aromatic N) is 1. The molecule has 2 aromatic rings. The molecule has 5 nitrogen and oxygen atoms in total. The van der Waals surface area contributed by atoms with Crippen molar-refractivity contribution in [3.8, 4) is 17.0 Å². The topological polar surface area (TPSA) is 81.1 Å². The summed E-state index contributed by atoms with van der Waals surface area (Å²) in [6, 6.07) is 10.9. The van der Waals surface area contributed by atoms with Crippen molar-refractivity contribution in [1.82, 2.24) is 4.57 Å². The zero-order chi connectivity index (χ0) is 14.7. The normalized spacial score (nSPS) is 10.3. The maximum Gasteiger partial charge on any atom is 0.261 e. The number of nitrogen functional groups attached to an aromatic ring is 1. The molecule has 20 heavy (non-hydrogen) atoms. The Labute approximate surface area is 117 Å². The van der Waals surface area contributed by atoms with Gasteiger partial charge in [0, 0.05) is 12.1 Å². The van der Waals surface area contributed by atoms with E-state index in [2.05, 4.69) is 0 Å². The van der Waals surface area contributed by atoms with Crippen molar-refractivity contribution in [2.75, 3.05) is 7.11 Å². The Kier molecular flexibility index (Phi) is 3.89. The maximum atomic E-state index is 12.3. The van der Waals surface area contributed by atoms with E-state index in [9.17, 15) is 4.79 Å². The lowest BCUT2D eigenvalue weighted by atomic mass is 10.1. The second kappa shape index (κ2) is 5.61. The number of nitrogens with one attached hydrogen (secondary N) is 1. The molecular weight excluding hydrogens is 254 g/mol. The number of ether oxygens (including phenoxy) is 1. The van der Waals surface area contributed by atoms with Gasteiger partial charge in [-0.1, -0.05) is 12.1 Å². The van der Waals surface area contributed by atoms with Crippen LogP contribution >= 0.6 is 0 Å². The van der Waals surface area contributed by atoms with Crippen molar-refractivity contribution in [3.05, 3.63) is 52.3 Å². The predicted octanol–water partition coefficient (Wildman–Crippen LogP) is 1.83. The molecule has 0 aliphatic heterocycles. The molecule has 1 heterocycles.